The lowest BCUT2D eigenvalue weighted by Crippen LogP contribution is -2.99. The molecule has 112 valence electrons. The molecule has 0 aromatic heterocycles. The highest BCUT2D eigenvalue weighted by Crippen LogP contribution is 2.32. The molecule has 1 aromatic rings. The number of hydrogen-bond acceptors (Lipinski definition) is 6. The third-order valence-corrected chi connectivity index (χ3v) is 2.74. The summed E-state index contributed by atoms with van der Waals surface area (Å²) in [5, 5.41) is 19.0. The van der Waals surface area contributed by atoms with Crippen molar-refractivity contribution in [3.05, 3.63) is 22.9 Å². The molecule has 7 nitrogen and oxygen atoms in total. The van der Waals surface area contributed by atoms with Gasteiger partial charge in [0, 0.05) is 18.0 Å². The standard InChI is InChI=1S/C12H16ClNO6/c1-18-10-7-9(14(16)17)8(12(15)19-2)6-11(10)20-5-3-4-13/h6-7,14,16H,3-5H2,1-2H3. The number of halogens is 1. The lowest BCUT2D eigenvalue weighted by molar-refractivity contribution is -0.991. The van der Waals surface area contributed by atoms with Crippen molar-refractivity contribution in [3.8, 4) is 11.5 Å². The van der Waals surface area contributed by atoms with Crippen LogP contribution in [0.1, 0.15) is 16.8 Å². The van der Waals surface area contributed by atoms with E-state index in [4.69, 9.17) is 26.3 Å². The maximum Gasteiger partial charge on any atom is 0.344 e. The number of alkyl halides is 1. The van der Waals surface area contributed by atoms with E-state index in [-0.39, 0.29) is 22.7 Å². The third kappa shape index (κ3) is 3.97. The molecule has 0 fully saturated rings. The average Bonchev–Trinajstić information content (AvgIpc) is 2.45. The Hall–Kier alpha value is -1.54. The van der Waals surface area contributed by atoms with Crippen LogP contribution in [0.2, 0.25) is 0 Å². The number of benzene rings is 1. The van der Waals surface area contributed by atoms with E-state index in [0.717, 1.165) is 0 Å². The number of esters is 1. The van der Waals surface area contributed by atoms with Gasteiger partial charge in [-0.05, 0) is 6.42 Å². The topological polar surface area (TPSA) is 92.5 Å². The molecule has 0 aliphatic rings. The molecule has 2 N–H and O–H groups in total. The molecule has 1 unspecified atom stereocenters. The van der Waals surface area contributed by atoms with E-state index in [1.165, 1.54) is 26.4 Å². The van der Waals surface area contributed by atoms with E-state index >= 15 is 0 Å². The number of ether oxygens (including phenoxy) is 3. The van der Waals surface area contributed by atoms with Crippen molar-refractivity contribution < 1.29 is 29.4 Å². The summed E-state index contributed by atoms with van der Waals surface area (Å²) in [6, 6.07) is 2.52. The van der Waals surface area contributed by atoms with Crippen LogP contribution in [0.25, 0.3) is 0 Å². The number of hydrogen-bond donors (Lipinski definition) is 2. The van der Waals surface area contributed by atoms with Gasteiger partial charge >= 0.3 is 5.97 Å². The van der Waals surface area contributed by atoms with Crippen molar-refractivity contribution in [1.29, 1.82) is 0 Å². The van der Waals surface area contributed by atoms with Crippen molar-refractivity contribution in [2.45, 2.75) is 6.42 Å². The highest BCUT2D eigenvalue weighted by molar-refractivity contribution is 6.17. The Morgan fingerprint density at radius 2 is 2.10 bits per heavy atom. The number of nitrogens with one attached hydrogen (secondary N) is 1. The summed E-state index contributed by atoms with van der Waals surface area (Å²) in [5.41, 5.74) is -0.305. The summed E-state index contributed by atoms with van der Waals surface area (Å²) in [6.45, 7) is 0.326. The number of methoxy groups -OCH3 is 2. The Kier molecular flexibility index (Phi) is 6.53. The molecule has 0 bridgehead atoms. The van der Waals surface area contributed by atoms with Crippen LogP contribution >= 0.6 is 11.6 Å². The lowest BCUT2D eigenvalue weighted by Gasteiger charge is -2.18. The van der Waals surface area contributed by atoms with Gasteiger partial charge in [0.2, 0.25) is 0 Å². The maximum absolute atomic E-state index is 11.6. The van der Waals surface area contributed by atoms with Crippen molar-refractivity contribution in [2.75, 3.05) is 26.7 Å². The second-order valence-corrected chi connectivity index (χ2v) is 4.11. The summed E-state index contributed by atoms with van der Waals surface area (Å²) >= 11 is 5.55. The highest BCUT2D eigenvalue weighted by Gasteiger charge is 2.22. The van der Waals surface area contributed by atoms with E-state index < -0.39 is 11.2 Å². The van der Waals surface area contributed by atoms with E-state index in [1.54, 1.807) is 0 Å². The first-order valence-electron chi connectivity index (χ1n) is 5.77. The van der Waals surface area contributed by atoms with E-state index in [9.17, 15) is 10.0 Å². The van der Waals surface area contributed by atoms with Gasteiger partial charge in [-0.25, -0.2) is 10.0 Å². The molecule has 0 radical (unpaired) electrons. The predicted octanol–water partition coefficient (Wildman–Crippen LogP) is 0.893. The normalized spacial score (nSPS) is 11.8. The molecule has 0 heterocycles. The fourth-order valence-electron chi connectivity index (χ4n) is 1.52. The smallest absolute Gasteiger partial charge is 0.344 e. The van der Waals surface area contributed by atoms with Crippen LogP contribution in [0.4, 0.5) is 5.69 Å². The summed E-state index contributed by atoms with van der Waals surface area (Å²) in [4.78, 5) is 11.6. The van der Waals surface area contributed by atoms with Crippen LogP contribution in [0, 0.1) is 5.21 Å². The van der Waals surface area contributed by atoms with Crippen molar-refractivity contribution in [3.63, 3.8) is 0 Å². The van der Waals surface area contributed by atoms with Gasteiger partial charge in [0.1, 0.15) is 5.56 Å². The van der Waals surface area contributed by atoms with Crippen LogP contribution in [0.3, 0.4) is 0 Å². The fraction of sp³-hybridized carbons (Fsp3) is 0.417. The zero-order valence-corrected chi connectivity index (χ0v) is 11.9. The maximum atomic E-state index is 11.6. The molecule has 1 aromatic carbocycles. The molecule has 0 amide bonds. The van der Waals surface area contributed by atoms with Gasteiger partial charge in [-0.15, -0.1) is 11.6 Å². The molecule has 0 saturated carbocycles. The van der Waals surface area contributed by atoms with Crippen LogP contribution in [-0.2, 0) is 4.74 Å². The summed E-state index contributed by atoms with van der Waals surface area (Å²) < 4.78 is 15.1. The fourth-order valence-corrected chi connectivity index (χ4v) is 1.63. The van der Waals surface area contributed by atoms with Gasteiger partial charge < -0.3 is 19.4 Å². The Labute approximate surface area is 121 Å². The first-order valence-corrected chi connectivity index (χ1v) is 6.31. The van der Waals surface area contributed by atoms with Gasteiger partial charge in [0.05, 0.1) is 20.8 Å². The molecular weight excluding hydrogens is 290 g/mol. The second-order valence-electron chi connectivity index (χ2n) is 3.74. The van der Waals surface area contributed by atoms with Crippen LogP contribution in [0.15, 0.2) is 12.1 Å². The van der Waals surface area contributed by atoms with Gasteiger partial charge in [0.15, 0.2) is 17.2 Å². The Morgan fingerprint density at radius 1 is 1.40 bits per heavy atom. The van der Waals surface area contributed by atoms with E-state index in [1.807, 2.05) is 0 Å². The zero-order chi connectivity index (χ0) is 15.1. The lowest BCUT2D eigenvalue weighted by atomic mass is 10.1. The van der Waals surface area contributed by atoms with Crippen molar-refractivity contribution in [2.24, 2.45) is 0 Å². The number of carbonyl (C=O) groups is 1. The molecule has 0 aliphatic carbocycles. The molecule has 8 heteroatoms. The van der Waals surface area contributed by atoms with Crippen LogP contribution in [0.5, 0.6) is 11.5 Å². The average molecular weight is 306 g/mol. The minimum absolute atomic E-state index is 0.0957. The Balaban J connectivity index is 3.19. The van der Waals surface area contributed by atoms with Crippen LogP contribution in [-0.4, -0.2) is 37.9 Å². The molecular formula is C12H16ClNO6. The van der Waals surface area contributed by atoms with Crippen molar-refractivity contribution >= 4 is 23.3 Å². The molecule has 0 spiro atoms. The van der Waals surface area contributed by atoms with Gasteiger partial charge in [-0.2, -0.15) is 5.23 Å². The molecule has 1 rings (SSSR count). The molecule has 0 aliphatic heterocycles. The highest BCUT2D eigenvalue weighted by atomic mass is 35.5. The first-order chi connectivity index (χ1) is 9.54. The predicted molar refractivity (Wildman–Crippen MR) is 70.9 cm³/mol. The summed E-state index contributed by atoms with van der Waals surface area (Å²) in [5.74, 6) is 0.166. The van der Waals surface area contributed by atoms with Gasteiger partial charge in [0.25, 0.3) is 0 Å². The summed E-state index contributed by atoms with van der Waals surface area (Å²) in [7, 11) is 2.55. The monoisotopic (exact) mass is 305 g/mol. The SMILES string of the molecule is COC(=O)c1cc(OCCCCl)c(OC)cc1[NH+]([O-])O. The van der Waals surface area contributed by atoms with Crippen molar-refractivity contribution in [1.82, 2.24) is 0 Å². The number of quaternary nitrogens is 1. The number of rotatable bonds is 7. The molecule has 1 atom stereocenters. The van der Waals surface area contributed by atoms with Crippen LogP contribution < -0.4 is 14.7 Å². The second kappa shape index (κ2) is 7.91. The first kappa shape index (κ1) is 16.5. The quantitative estimate of drug-likeness (QED) is 0.336. The largest absolute Gasteiger partial charge is 0.595 e. The third-order valence-electron chi connectivity index (χ3n) is 2.48. The minimum atomic E-state index is -1.25. The minimum Gasteiger partial charge on any atom is -0.595 e. The number of carbonyl (C=O) groups excluding carboxylic acids is 1. The van der Waals surface area contributed by atoms with Gasteiger partial charge in [-0.1, -0.05) is 0 Å². The molecule has 20 heavy (non-hydrogen) atoms. The summed E-state index contributed by atoms with van der Waals surface area (Å²) in [6.07, 6.45) is 0.610. The van der Waals surface area contributed by atoms with E-state index in [0.29, 0.717) is 18.9 Å². The van der Waals surface area contributed by atoms with E-state index in [2.05, 4.69) is 4.74 Å². The Bertz CT molecular complexity index is 466. The zero-order valence-electron chi connectivity index (χ0n) is 11.1. The molecule has 0 saturated heterocycles. The Morgan fingerprint density at radius 3 is 2.60 bits per heavy atom. The van der Waals surface area contributed by atoms with Gasteiger partial charge in [-0.3, -0.25) is 0 Å².